The van der Waals surface area contributed by atoms with Crippen molar-refractivity contribution in [3.63, 3.8) is 0 Å². The number of hydrogen-bond acceptors (Lipinski definition) is 6. The number of carbonyl (C=O) groups excluding carboxylic acids is 1. The molecule has 1 aromatic heterocycles. The summed E-state index contributed by atoms with van der Waals surface area (Å²) in [6.45, 7) is 9.42. The molecule has 0 atom stereocenters. The molecule has 0 bridgehead atoms. The second-order valence-corrected chi connectivity index (χ2v) is 10.4. The number of rotatable bonds is 6. The van der Waals surface area contributed by atoms with E-state index >= 15 is 0 Å². The van der Waals surface area contributed by atoms with Crippen molar-refractivity contribution in [2.24, 2.45) is 11.4 Å². The van der Waals surface area contributed by atoms with Gasteiger partial charge in [0, 0.05) is 29.6 Å². The van der Waals surface area contributed by atoms with Gasteiger partial charge in [-0.05, 0) is 30.5 Å². The Kier molecular flexibility index (Phi) is 7.19. The highest BCUT2D eigenvalue weighted by atomic mass is 35.5. The summed E-state index contributed by atoms with van der Waals surface area (Å²) in [5.74, 6) is -0.347. The summed E-state index contributed by atoms with van der Waals surface area (Å²) < 4.78 is 42.2. The third-order valence-electron chi connectivity index (χ3n) is 4.02. The lowest BCUT2D eigenvalue weighted by Gasteiger charge is -2.17. The first kappa shape index (κ1) is 23.4. The first-order valence-electron chi connectivity index (χ1n) is 8.86. The van der Waals surface area contributed by atoms with Crippen LogP contribution in [0.2, 0.25) is 5.02 Å². The summed E-state index contributed by atoms with van der Waals surface area (Å²) in [5, 5.41) is 0.244. The van der Waals surface area contributed by atoms with Gasteiger partial charge >= 0.3 is 5.97 Å². The lowest BCUT2D eigenvalue weighted by molar-refractivity contribution is -0.141. The van der Waals surface area contributed by atoms with Gasteiger partial charge in [0.15, 0.2) is 0 Å². The van der Waals surface area contributed by atoms with Crippen molar-refractivity contribution in [3.8, 4) is 5.75 Å². The minimum absolute atomic E-state index is 0.00259. The van der Waals surface area contributed by atoms with Crippen LogP contribution >= 0.6 is 22.9 Å². The van der Waals surface area contributed by atoms with E-state index in [4.69, 9.17) is 21.1 Å². The third-order valence-corrected chi connectivity index (χ3v) is 7.32. The molecule has 10 heteroatoms. The molecule has 0 aliphatic carbocycles. The van der Waals surface area contributed by atoms with Crippen LogP contribution in [-0.2, 0) is 32.0 Å². The van der Waals surface area contributed by atoms with E-state index in [0.717, 1.165) is 10.6 Å². The van der Waals surface area contributed by atoms with Gasteiger partial charge in [0.1, 0.15) is 23.9 Å². The minimum atomic E-state index is -4.09. The first-order valence-corrected chi connectivity index (χ1v) is 11.5. The van der Waals surface area contributed by atoms with Crippen LogP contribution in [0.5, 0.6) is 5.75 Å². The predicted octanol–water partition coefficient (Wildman–Crippen LogP) is 3.58. The van der Waals surface area contributed by atoms with Crippen molar-refractivity contribution in [3.05, 3.63) is 38.6 Å². The van der Waals surface area contributed by atoms with Crippen LogP contribution in [-0.4, -0.2) is 32.2 Å². The molecule has 0 unspecified atom stereocenters. The molecule has 0 spiro atoms. The lowest BCUT2D eigenvalue weighted by Crippen LogP contribution is -2.16. The quantitative estimate of drug-likeness (QED) is 0.485. The molecule has 0 N–H and O–H groups in total. The molecule has 2 aromatic rings. The number of carbonyl (C=O) groups is 1. The first-order chi connectivity index (χ1) is 13.3. The Bertz CT molecular complexity index is 1080. The largest absolute Gasteiger partial charge is 0.489 e. The van der Waals surface area contributed by atoms with E-state index in [9.17, 15) is 13.2 Å². The van der Waals surface area contributed by atoms with Gasteiger partial charge in [0.25, 0.3) is 10.0 Å². The van der Waals surface area contributed by atoms with E-state index in [1.54, 1.807) is 11.6 Å². The molecule has 1 heterocycles. The minimum Gasteiger partial charge on any atom is -0.489 e. The normalized spacial score (nSPS) is 12.9. The van der Waals surface area contributed by atoms with Crippen molar-refractivity contribution in [1.29, 1.82) is 0 Å². The maximum absolute atomic E-state index is 13.0. The number of nitrogens with zero attached hydrogens (tertiary/aromatic N) is 2. The van der Waals surface area contributed by atoms with Gasteiger partial charge in [-0.25, -0.2) is 0 Å². The Labute approximate surface area is 180 Å². The van der Waals surface area contributed by atoms with E-state index in [2.05, 4.69) is 25.2 Å². The molecule has 0 aliphatic rings. The number of ether oxygens (including phenoxy) is 2. The van der Waals surface area contributed by atoms with Gasteiger partial charge in [0.05, 0.1) is 0 Å². The zero-order chi connectivity index (χ0) is 22.0. The van der Waals surface area contributed by atoms with E-state index in [1.807, 2.05) is 6.92 Å². The summed E-state index contributed by atoms with van der Waals surface area (Å²) in [4.78, 5) is 12.1. The average Bonchev–Trinajstić information content (AvgIpc) is 2.87. The highest BCUT2D eigenvalue weighted by Gasteiger charge is 2.24. The lowest BCUT2D eigenvalue weighted by atomic mass is 9.93. The number of esters is 1. The summed E-state index contributed by atoms with van der Waals surface area (Å²) >= 11 is 7.35. The molecule has 0 amide bonds. The average molecular weight is 461 g/mol. The number of benzene rings is 1. The standard InChI is InChI=1S/C19H25ClN2O5S2/c1-12-17(19(3,4)5)28-18(22(12)6)21-29(24,25)16-11-14(20)7-8-15(16)27-10-9-26-13(2)23/h7-8,11H,9-10H2,1-6H3. The summed E-state index contributed by atoms with van der Waals surface area (Å²) in [5.41, 5.74) is 0.825. The van der Waals surface area contributed by atoms with E-state index in [-0.39, 0.29) is 34.3 Å². The van der Waals surface area contributed by atoms with Crippen LogP contribution in [0.15, 0.2) is 27.5 Å². The number of sulfonamides is 1. The Morgan fingerprint density at radius 2 is 1.93 bits per heavy atom. The van der Waals surface area contributed by atoms with Gasteiger partial charge < -0.3 is 14.0 Å². The van der Waals surface area contributed by atoms with Crippen molar-refractivity contribution in [2.45, 2.75) is 44.9 Å². The van der Waals surface area contributed by atoms with E-state index < -0.39 is 16.0 Å². The van der Waals surface area contributed by atoms with Crippen molar-refractivity contribution in [1.82, 2.24) is 4.57 Å². The molecule has 2 rings (SSSR count). The zero-order valence-electron chi connectivity index (χ0n) is 17.3. The Morgan fingerprint density at radius 1 is 1.28 bits per heavy atom. The van der Waals surface area contributed by atoms with E-state index in [0.29, 0.717) is 4.80 Å². The molecule has 0 fully saturated rings. The zero-order valence-corrected chi connectivity index (χ0v) is 19.7. The molecule has 0 saturated carbocycles. The van der Waals surface area contributed by atoms with Crippen LogP contribution in [0.25, 0.3) is 0 Å². The summed E-state index contributed by atoms with van der Waals surface area (Å²) in [6.07, 6.45) is 0. The SMILES string of the molecule is CC(=O)OCCOc1ccc(Cl)cc1S(=O)(=O)N=c1sc(C(C)(C)C)c(C)n1C. The second-order valence-electron chi connectivity index (χ2n) is 7.45. The summed E-state index contributed by atoms with van der Waals surface area (Å²) in [6, 6.07) is 4.28. The fraction of sp³-hybridized carbons (Fsp3) is 0.474. The number of halogens is 1. The van der Waals surface area contributed by atoms with Crippen molar-refractivity contribution in [2.75, 3.05) is 13.2 Å². The Balaban J connectivity index is 2.48. The van der Waals surface area contributed by atoms with Gasteiger partial charge in [-0.2, -0.15) is 8.42 Å². The van der Waals surface area contributed by atoms with Gasteiger partial charge in [-0.1, -0.05) is 32.4 Å². The van der Waals surface area contributed by atoms with Crippen LogP contribution in [0.1, 0.15) is 38.3 Å². The maximum Gasteiger partial charge on any atom is 0.302 e. The molecule has 0 radical (unpaired) electrons. The fourth-order valence-electron chi connectivity index (χ4n) is 2.60. The molecule has 29 heavy (non-hydrogen) atoms. The molecule has 0 aliphatic heterocycles. The van der Waals surface area contributed by atoms with E-state index in [1.165, 1.54) is 36.5 Å². The molecule has 0 saturated heterocycles. The van der Waals surface area contributed by atoms with Crippen molar-refractivity contribution < 1.29 is 22.7 Å². The van der Waals surface area contributed by atoms with Crippen LogP contribution < -0.4 is 9.54 Å². The second kappa shape index (κ2) is 8.89. The number of aromatic nitrogens is 1. The number of hydrogen-bond donors (Lipinski definition) is 0. The summed E-state index contributed by atoms with van der Waals surface area (Å²) in [7, 11) is -2.31. The highest BCUT2D eigenvalue weighted by molar-refractivity contribution is 7.90. The van der Waals surface area contributed by atoms with Gasteiger partial charge in [-0.3, -0.25) is 4.79 Å². The smallest absolute Gasteiger partial charge is 0.302 e. The number of thiazole rings is 1. The van der Waals surface area contributed by atoms with Crippen molar-refractivity contribution >= 4 is 38.9 Å². The highest BCUT2D eigenvalue weighted by Crippen LogP contribution is 2.30. The van der Waals surface area contributed by atoms with Crippen LogP contribution in [0.4, 0.5) is 0 Å². The van der Waals surface area contributed by atoms with Crippen LogP contribution in [0, 0.1) is 6.92 Å². The molecule has 160 valence electrons. The molecule has 7 nitrogen and oxygen atoms in total. The predicted molar refractivity (Wildman–Crippen MR) is 113 cm³/mol. The molecular formula is C19H25ClN2O5S2. The Hall–Kier alpha value is -1.84. The van der Waals surface area contributed by atoms with Gasteiger partial charge in [0.2, 0.25) is 4.80 Å². The molecular weight excluding hydrogens is 436 g/mol. The van der Waals surface area contributed by atoms with Gasteiger partial charge in [-0.15, -0.1) is 15.7 Å². The Morgan fingerprint density at radius 3 is 2.48 bits per heavy atom. The molecule has 1 aromatic carbocycles. The third kappa shape index (κ3) is 5.83. The monoisotopic (exact) mass is 460 g/mol. The van der Waals surface area contributed by atoms with Crippen LogP contribution in [0.3, 0.4) is 0 Å². The maximum atomic E-state index is 13.0. The fourth-order valence-corrected chi connectivity index (χ4v) is 5.41. The topological polar surface area (TPSA) is 87.0 Å².